The van der Waals surface area contributed by atoms with Crippen molar-refractivity contribution in [2.75, 3.05) is 13.1 Å². The largest absolute Gasteiger partial charge is 0.338 e. The Labute approximate surface area is 138 Å². The second kappa shape index (κ2) is 6.63. The van der Waals surface area contributed by atoms with E-state index < -0.39 is 5.92 Å². The number of pyridine rings is 1. The Morgan fingerprint density at radius 3 is 2.46 bits per heavy atom. The molecule has 1 aromatic heterocycles. The highest BCUT2D eigenvalue weighted by molar-refractivity contribution is 5.94. The Morgan fingerprint density at radius 1 is 1.12 bits per heavy atom. The number of halogens is 3. The maximum atomic E-state index is 13.6. The van der Waals surface area contributed by atoms with Gasteiger partial charge in [-0.2, -0.15) is 0 Å². The van der Waals surface area contributed by atoms with E-state index in [0.717, 1.165) is 0 Å². The van der Waals surface area contributed by atoms with Gasteiger partial charge in [0.25, 0.3) is 11.8 Å². The maximum absolute atomic E-state index is 13.6. The molecule has 3 rings (SSSR count). The standard InChI is InChI=1S/C18H17F3N2O/c19-16-4-2-1-3-13(16)11-15-6-5-14(12-22-15)17(24)23-9-7-18(20,21)8-10-23/h1-6,12H,7-11H2. The van der Waals surface area contributed by atoms with Crippen LogP contribution in [0.15, 0.2) is 42.6 Å². The van der Waals surface area contributed by atoms with Crippen LogP contribution in [0.5, 0.6) is 0 Å². The normalized spacial score (nSPS) is 16.9. The summed E-state index contributed by atoms with van der Waals surface area (Å²) < 4.78 is 39.9. The molecule has 6 heteroatoms. The average molecular weight is 334 g/mol. The molecule has 0 atom stereocenters. The molecule has 0 radical (unpaired) electrons. The smallest absolute Gasteiger partial charge is 0.255 e. The van der Waals surface area contributed by atoms with Crippen LogP contribution in [-0.2, 0) is 6.42 Å². The van der Waals surface area contributed by atoms with Gasteiger partial charge in [0, 0.05) is 44.2 Å². The number of amides is 1. The number of alkyl halides is 2. The van der Waals surface area contributed by atoms with Crippen molar-refractivity contribution in [2.24, 2.45) is 0 Å². The number of likely N-dealkylation sites (tertiary alicyclic amines) is 1. The number of carbonyl (C=O) groups excluding carboxylic acids is 1. The van der Waals surface area contributed by atoms with Gasteiger partial charge in [-0.3, -0.25) is 9.78 Å². The number of rotatable bonds is 3. The van der Waals surface area contributed by atoms with Gasteiger partial charge in [-0.25, -0.2) is 13.2 Å². The van der Waals surface area contributed by atoms with Crippen molar-refractivity contribution >= 4 is 5.91 Å². The van der Waals surface area contributed by atoms with Crippen molar-refractivity contribution in [3.8, 4) is 0 Å². The number of hydrogen-bond acceptors (Lipinski definition) is 2. The third-order valence-corrected chi connectivity index (χ3v) is 4.18. The van der Waals surface area contributed by atoms with Crippen molar-refractivity contribution in [1.29, 1.82) is 0 Å². The first kappa shape index (κ1) is 16.5. The monoisotopic (exact) mass is 334 g/mol. The van der Waals surface area contributed by atoms with Crippen molar-refractivity contribution in [3.63, 3.8) is 0 Å². The molecule has 0 bridgehead atoms. The first-order valence-electron chi connectivity index (χ1n) is 7.80. The summed E-state index contributed by atoms with van der Waals surface area (Å²) in [6, 6.07) is 9.72. The lowest BCUT2D eigenvalue weighted by molar-refractivity contribution is -0.0494. The highest BCUT2D eigenvalue weighted by Crippen LogP contribution is 2.28. The summed E-state index contributed by atoms with van der Waals surface area (Å²) in [7, 11) is 0. The molecule has 1 fully saturated rings. The van der Waals surface area contributed by atoms with Crippen LogP contribution in [0.1, 0.15) is 34.5 Å². The number of piperidine rings is 1. The summed E-state index contributed by atoms with van der Waals surface area (Å²) in [6.07, 6.45) is 1.14. The van der Waals surface area contributed by atoms with E-state index in [0.29, 0.717) is 23.2 Å². The lowest BCUT2D eigenvalue weighted by Crippen LogP contribution is -2.42. The zero-order valence-corrected chi connectivity index (χ0v) is 13.0. The van der Waals surface area contributed by atoms with E-state index in [1.807, 2.05) is 0 Å². The molecule has 24 heavy (non-hydrogen) atoms. The van der Waals surface area contributed by atoms with E-state index in [4.69, 9.17) is 0 Å². The fourth-order valence-electron chi connectivity index (χ4n) is 2.71. The lowest BCUT2D eigenvalue weighted by Gasteiger charge is -2.31. The first-order chi connectivity index (χ1) is 11.4. The molecule has 0 unspecified atom stereocenters. The van der Waals surface area contributed by atoms with Gasteiger partial charge in [-0.1, -0.05) is 18.2 Å². The van der Waals surface area contributed by atoms with Crippen LogP contribution in [0.4, 0.5) is 13.2 Å². The summed E-state index contributed by atoms with van der Waals surface area (Å²) in [5, 5.41) is 0. The van der Waals surface area contributed by atoms with Crippen molar-refractivity contribution < 1.29 is 18.0 Å². The van der Waals surface area contributed by atoms with E-state index in [1.54, 1.807) is 30.3 Å². The molecule has 0 saturated carbocycles. The Bertz CT molecular complexity index is 721. The molecule has 1 aliphatic rings. The minimum Gasteiger partial charge on any atom is -0.338 e. The maximum Gasteiger partial charge on any atom is 0.255 e. The van der Waals surface area contributed by atoms with E-state index in [2.05, 4.69) is 4.98 Å². The van der Waals surface area contributed by atoms with Crippen LogP contribution in [0, 0.1) is 5.82 Å². The Kier molecular flexibility index (Phi) is 4.55. The summed E-state index contributed by atoms with van der Waals surface area (Å²) in [6.45, 7) is 0.0889. The SMILES string of the molecule is O=C(c1ccc(Cc2ccccc2F)nc1)N1CCC(F)(F)CC1. The first-order valence-corrected chi connectivity index (χ1v) is 7.80. The number of carbonyl (C=O) groups is 1. The molecule has 0 spiro atoms. The molecule has 2 heterocycles. The Balaban J connectivity index is 1.66. The molecule has 0 N–H and O–H groups in total. The van der Waals surface area contributed by atoms with Gasteiger partial charge in [-0.15, -0.1) is 0 Å². The summed E-state index contributed by atoms with van der Waals surface area (Å²) >= 11 is 0. The number of hydrogen-bond donors (Lipinski definition) is 0. The molecule has 126 valence electrons. The zero-order chi connectivity index (χ0) is 17.2. The second-order valence-corrected chi connectivity index (χ2v) is 5.95. The summed E-state index contributed by atoms with van der Waals surface area (Å²) in [4.78, 5) is 17.9. The van der Waals surface area contributed by atoms with E-state index in [-0.39, 0.29) is 37.7 Å². The third kappa shape index (κ3) is 3.75. The highest BCUT2D eigenvalue weighted by atomic mass is 19.3. The third-order valence-electron chi connectivity index (χ3n) is 4.18. The van der Waals surface area contributed by atoms with Crippen LogP contribution in [0.3, 0.4) is 0 Å². The van der Waals surface area contributed by atoms with Crippen LogP contribution in [0.25, 0.3) is 0 Å². The van der Waals surface area contributed by atoms with Crippen molar-refractivity contribution in [1.82, 2.24) is 9.88 Å². The average Bonchev–Trinajstić information content (AvgIpc) is 2.57. The van der Waals surface area contributed by atoms with Gasteiger partial charge in [-0.05, 0) is 23.8 Å². The molecule has 3 nitrogen and oxygen atoms in total. The van der Waals surface area contributed by atoms with E-state index in [9.17, 15) is 18.0 Å². The van der Waals surface area contributed by atoms with Gasteiger partial charge in [0.05, 0.1) is 5.56 Å². The predicted molar refractivity (Wildman–Crippen MR) is 83.5 cm³/mol. The van der Waals surface area contributed by atoms with Crippen molar-refractivity contribution in [2.45, 2.75) is 25.2 Å². The minimum absolute atomic E-state index is 0.0445. The van der Waals surface area contributed by atoms with Crippen LogP contribution < -0.4 is 0 Å². The zero-order valence-electron chi connectivity index (χ0n) is 13.0. The fraction of sp³-hybridized carbons (Fsp3) is 0.333. The molecular formula is C18H17F3N2O. The Hall–Kier alpha value is -2.37. The number of aromatic nitrogens is 1. The molecular weight excluding hydrogens is 317 g/mol. The van der Waals surface area contributed by atoms with Gasteiger partial charge >= 0.3 is 0 Å². The second-order valence-electron chi connectivity index (χ2n) is 5.95. The van der Waals surface area contributed by atoms with Gasteiger partial charge in [0.2, 0.25) is 0 Å². The summed E-state index contributed by atoms with van der Waals surface area (Å²) in [5.41, 5.74) is 1.53. The molecule has 1 amide bonds. The van der Waals surface area contributed by atoms with Gasteiger partial charge in [0.15, 0.2) is 0 Å². The van der Waals surface area contributed by atoms with Gasteiger partial charge < -0.3 is 4.90 Å². The Morgan fingerprint density at radius 2 is 1.83 bits per heavy atom. The van der Waals surface area contributed by atoms with Crippen LogP contribution in [-0.4, -0.2) is 34.8 Å². The van der Waals surface area contributed by atoms with Crippen molar-refractivity contribution in [3.05, 3.63) is 65.2 Å². The van der Waals surface area contributed by atoms with Gasteiger partial charge in [0.1, 0.15) is 5.82 Å². The highest BCUT2D eigenvalue weighted by Gasteiger charge is 2.35. The molecule has 0 aliphatic carbocycles. The quantitative estimate of drug-likeness (QED) is 0.858. The topological polar surface area (TPSA) is 33.2 Å². The number of nitrogens with zero attached hydrogens (tertiary/aromatic N) is 2. The van der Waals surface area contributed by atoms with E-state index in [1.165, 1.54) is 17.2 Å². The van der Waals surface area contributed by atoms with Crippen LogP contribution in [0.2, 0.25) is 0 Å². The fourth-order valence-corrected chi connectivity index (χ4v) is 2.71. The molecule has 1 aromatic carbocycles. The minimum atomic E-state index is -2.68. The van der Waals surface area contributed by atoms with E-state index >= 15 is 0 Å². The van der Waals surface area contributed by atoms with Crippen LogP contribution >= 0.6 is 0 Å². The lowest BCUT2D eigenvalue weighted by atomic mass is 10.1. The molecule has 1 aliphatic heterocycles. The predicted octanol–water partition coefficient (Wildman–Crippen LogP) is 3.68. The summed E-state index contributed by atoms with van der Waals surface area (Å²) in [5.74, 6) is -3.28. The molecule has 2 aromatic rings. The number of benzene rings is 1. The molecule has 1 saturated heterocycles.